The summed E-state index contributed by atoms with van der Waals surface area (Å²) in [5.41, 5.74) is 7.63. The van der Waals surface area contributed by atoms with Crippen LogP contribution in [0.5, 0.6) is 11.5 Å². The number of ether oxygens (including phenoxy) is 2. The first-order chi connectivity index (χ1) is 14.0. The van der Waals surface area contributed by atoms with Gasteiger partial charge in [-0.15, -0.1) is 0 Å². The lowest BCUT2D eigenvalue weighted by Crippen LogP contribution is -2.24. The molecule has 2 N–H and O–H groups in total. The van der Waals surface area contributed by atoms with Crippen molar-refractivity contribution in [2.24, 2.45) is 10.2 Å². The van der Waals surface area contributed by atoms with Crippen LogP contribution in [0.25, 0.3) is 6.08 Å². The molecule has 0 aromatic heterocycles. The highest BCUT2D eigenvalue weighted by molar-refractivity contribution is 6.26. The lowest BCUT2D eigenvalue weighted by molar-refractivity contribution is -0.123. The van der Waals surface area contributed by atoms with Crippen LogP contribution in [0.4, 0.5) is 0 Å². The summed E-state index contributed by atoms with van der Waals surface area (Å²) in [6.07, 6.45) is 3.27. The predicted molar refractivity (Wildman–Crippen MR) is 110 cm³/mol. The Kier molecular flexibility index (Phi) is 6.36. The van der Waals surface area contributed by atoms with Crippen LogP contribution in [0.3, 0.4) is 0 Å². The van der Waals surface area contributed by atoms with E-state index in [0.29, 0.717) is 17.0 Å². The summed E-state index contributed by atoms with van der Waals surface area (Å²) >= 11 is 0. The molecule has 3 rings (SSSR count). The van der Waals surface area contributed by atoms with Gasteiger partial charge in [-0.25, -0.2) is 10.9 Å². The second-order valence-corrected chi connectivity index (χ2v) is 6.12. The summed E-state index contributed by atoms with van der Waals surface area (Å²) < 4.78 is 10.5. The first-order valence-corrected chi connectivity index (χ1v) is 8.80. The van der Waals surface area contributed by atoms with Crippen molar-refractivity contribution >= 4 is 29.8 Å². The largest absolute Gasteiger partial charge is 0.497 e. The number of nitrogens with zero attached hydrogens (tertiary/aromatic N) is 2. The molecule has 8 nitrogen and oxygen atoms in total. The maximum absolute atomic E-state index is 11.8. The van der Waals surface area contributed by atoms with Crippen LogP contribution in [0.15, 0.2) is 64.3 Å². The van der Waals surface area contributed by atoms with Gasteiger partial charge in [-0.3, -0.25) is 9.59 Å². The lowest BCUT2D eigenvalue weighted by Gasteiger charge is -2.05. The van der Waals surface area contributed by atoms with Crippen molar-refractivity contribution in [3.05, 3.63) is 65.2 Å². The number of hydrogen-bond acceptors (Lipinski definition) is 6. The van der Waals surface area contributed by atoms with E-state index in [0.717, 1.165) is 16.9 Å². The fraction of sp³-hybridized carbons (Fsp3) is 0.143. The van der Waals surface area contributed by atoms with Crippen LogP contribution in [-0.4, -0.2) is 37.5 Å². The second-order valence-electron chi connectivity index (χ2n) is 6.12. The predicted octanol–water partition coefficient (Wildman–Crippen LogP) is 2.11. The molecule has 0 aliphatic carbocycles. The summed E-state index contributed by atoms with van der Waals surface area (Å²) in [6.45, 7) is 1.59. The molecule has 2 aromatic rings. The maximum Gasteiger partial charge on any atom is 0.277 e. The summed E-state index contributed by atoms with van der Waals surface area (Å²) in [5.74, 6) is 0.671. The zero-order chi connectivity index (χ0) is 20.6. The normalized spacial score (nSPS) is 14.6. The molecule has 1 aliphatic heterocycles. The van der Waals surface area contributed by atoms with Crippen LogP contribution in [-0.2, 0) is 9.59 Å². The minimum atomic E-state index is -0.379. The van der Waals surface area contributed by atoms with Crippen LogP contribution in [0.1, 0.15) is 18.1 Å². The fourth-order valence-electron chi connectivity index (χ4n) is 2.47. The molecule has 29 heavy (non-hydrogen) atoms. The van der Waals surface area contributed by atoms with Crippen LogP contribution in [0, 0.1) is 0 Å². The Morgan fingerprint density at radius 3 is 2.38 bits per heavy atom. The number of carbonyl (C=O) groups excluding carboxylic acids is 2. The molecule has 1 aliphatic rings. The van der Waals surface area contributed by atoms with Crippen LogP contribution in [0.2, 0.25) is 0 Å². The molecule has 0 saturated carbocycles. The van der Waals surface area contributed by atoms with Crippen molar-refractivity contribution in [1.29, 1.82) is 0 Å². The Bertz CT molecular complexity index is 977. The third kappa shape index (κ3) is 5.52. The van der Waals surface area contributed by atoms with Crippen molar-refractivity contribution in [3.8, 4) is 11.5 Å². The van der Waals surface area contributed by atoms with E-state index in [1.807, 2.05) is 12.1 Å². The van der Waals surface area contributed by atoms with Gasteiger partial charge < -0.3 is 9.47 Å². The van der Waals surface area contributed by atoms with Gasteiger partial charge in [-0.05, 0) is 60.5 Å². The number of carbonyl (C=O) groups is 2. The van der Waals surface area contributed by atoms with Crippen LogP contribution >= 0.6 is 0 Å². The van der Waals surface area contributed by atoms with Gasteiger partial charge in [-0.2, -0.15) is 10.2 Å². The Morgan fingerprint density at radius 1 is 1.10 bits per heavy atom. The molecule has 0 spiro atoms. The first-order valence-electron chi connectivity index (χ1n) is 8.80. The van der Waals surface area contributed by atoms with E-state index in [1.165, 1.54) is 6.21 Å². The molecule has 148 valence electrons. The Balaban J connectivity index is 1.47. The molecule has 0 unspecified atom stereocenters. The number of hydrazone groups is 2. The van der Waals surface area contributed by atoms with Crippen LogP contribution < -0.4 is 20.3 Å². The topological polar surface area (TPSA) is 101 Å². The van der Waals surface area contributed by atoms with E-state index in [4.69, 9.17) is 9.47 Å². The summed E-state index contributed by atoms with van der Waals surface area (Å²) in [4.78, 5) is 23.5. The molecule has 0 atom stereocenters. The number of hydrogen-bond donors (Lipinski definition) is 2. The zero-order valence-corrected chi connectivity index (χ0v) is 16.0. The standard InChI is InChI=1S/C21H20N4O4/c1-14-19(21(27)25-23-14)11-15-3-9-18(10-4-15)29-13-20(26)24-22-12-16-5-7-17(28-2)8-6-16/h3-12H,13H2,1-2H3,(H,24,26)(H,25,27)/b19-11-,22-12+. The van der Waals surface area contributed by atoms with Gasteiger partial charge in [0.25, 0.3) is 11.8 Å². The van der Waals surface area contributed by atoms with E-state index < -0.39 is 0 Å². The third-order valence-corrected chi connectivity index (χ3v) is 4.04. The van der Waals surface area contributed by atoms with Gasteiger partial charge in [0.1, 0.15) is 11.5 Å². The highest BCUT2D eigenvalue weighted by atomic mass is 16.5. The molecule has 8 heteroatoms. The van der Waals surface area contributed by atoms with Crippen molar-refractivity contribution in [2.45, 2.75) is 6.92 Å². The van der Waals surface area contributed by atoms with Gasteiger partial charge in [0.15, 0.2) is 6.61 Å². The minimum absolute atomic E-state index is 0.172. The number of nitrogens with one attached hydrogen (secondary N) is 2. The lowest BCUT2D eigenvalue weighted by atomic mass is 10.1. The maximum atomic E-state index is 11.8. The highest BCUT2D eigenvalue weighted by Gasteiger charge is 2.18. The molecule has 0 bridgehead atoms. The van der Waals surface area contributed by atoms with Gasteiger partial charge in [0.2, 0.25) is 0 Å². The fourth-order valence-corrected chi connectivity index (χ4v) is 2.47. The monoisotopic (exact) mass is 392 g/mol. The second kappa shape index (κ2) is 9.32. The molecule has 2 amide bonds. The SMILES string of the molecule is COc1ccc(/C=N/NC(=O)COc2ccc(/C=C3\C(=O)NN=C3C)cc2)cc1. The Hall–Kier alpha value is -3.94. The van der Waals surface area contributed by atoms with Crippen molar-refractivity contribution < 1.29 is 19.1 Å². The molecular weight excluding hydrogens is 372 g/mol. The first kappa shape index (κ1) is 19.8. The summed E-state index contributed by atoms with van der Waals surface area (Å²) in [5, 5.41) is 7.77. The smallest absolute Gasteiger partial charge is 0.277 e. The van der Waals surface area contributed by atoms with Gasteiger partial charge in [-0.1, -0.05) is 12.1 Å². The average Bonchev–Trinajstić information content (AvgIpc) is 3.06. The number of rotatable bonds is 7. The molecule has 1 heterocycles. The van der Waals surface area contributed by atoms with E-state index >= 15 is 0 Å². The Morgan fingerprint density at radius 2 is 1.76 bits per heavy atom. The zero-order valence-electron chi connectivity index (χ0n) is 16.0. The van der Waals surface area contributed by atoms with Gasteiger partial charge in [0.05, 0.1) is 24.6 Å². The third-order valence-electron chi connectivity index (χ3n) is 4.04. The number of amides is 2. The Labute approximate surface area is 167 Å². The molecule has 0 radical (unpaired) electrons. The van der Waals surface area contributed by atoms with Gasteiger partial charge >= 0.3 is 0 Å². The number of benzene rings is 2. The molecule has 2 aromatic carbocycles. The van der Waals surface area contributed by atoms with Gasteiger partial charge in [0, 0.05) is 0 Å². The minimum Gasteiger partial charge on any atom is -0.497 e. The van der Waals surface area contributed by atoms with E-state index in [-0.39, 0.29) is 18.4 Å². The van der Waals surface area contributed by atoms with E-state index in [9.17, 15) is 9.59 Å². The quantitative estimate of drug-likeness (QED) is 0.428. The van der Waals surface area contributed by atoms with Crippen molar-refractivity contribution in [1.82, 2.24) is 10.9 Å². The molecule has 0 fully saturated rings. The summed E-state index contributed by atoms with van der Waals surface area (Å²) in [6, 6.07) is 14.3. The number of methoxy groups -OCH3 is 1. The molecular formula is C21H20N4O4. The van der Waals surface area contributed by atoms with Crippen molar-refractivity contribution in [2.75, 3.05) is 13.7 Å². The van der Waals surface area contributed by atoms with Crippen molar-refractivity contribution in [3.63, 3.8) is 0 Å². The summed E-state index contributed by atoms with van der Waals surface area (Å²) in [7, 11) is 1.60. The highest BCUT2D eigenvalue weighted by Crippen LogP contribution is 2.16. The van der Waals surface area contributed by atoms with E-state index in [2.05, 4.69) is 21.1 Å². The average molecular weight is 392 g/mol. The van der Waals surface area contributed by atoms with E-state index in [1.54, 1.807) is 56.5 Å². The molecule has 0 saturated heterocycles.